The lowest BCUT2D eigenvalue weighted by atomic mass is 9.98. The fraction of sp³-hybridized carbons (Fsp3) is 0.273. The number of hydrogen-bond donors (Lipinski definition) is 1. The van der Waals surface area contributed by atoms with E-state index in [-0.39, 0.29) is 10.6 Å². The lowest BCUT2D eigenvalue weighted by Crippen LogP contribution is -2.22. The Kier molecular flexibility index (Phi) is 5.35. The van der Waals surface area contributed by atoms with Crippen molar-refractivity contribution in [2.75, 3.05) is 12.4 Å². The van der Waals surface area contributed by atoms with Crippen molar-refractivity contribution < 1.29 is 4.74 Å². The van der Waals surface area contributed by atoms with Gasteiger partial charge < -0.3 is 10.1 Å². The van der Waals surface area contributed by atoms with Crippen molar-refractivity contribution in [1.82, 2.24) is 9.78 Å². The van der Waals surface area contributed by atoms with Crippen molar-refractivity contribution in [3.05, 3.63) is 75.7 Å². The number of halogens is 1. The van der Waals surface area contributed by atoms with Crippen LogP contribution in [-0.2, 0) is 0 Å². The average Bonchev–Trinajstić information content (AvgIpc) is 3.27. The minimum atomic E-state index is -0.358. The molecular weight excluding hydrogens is 374 g/mol. The van der Waals surface area contributed by atoms with E-state index in [2.05, 4.69) is 22.5 Å². The first-order chi connectivity index (χ1) is 13.7. The van der Waals surface area contributed by atoms with Crippen LogP contribution >= 0.6 is 11.6 Å². The fourth-order valence-corrected chi connectivity index (χ4v) is 3.88. The lowest BCUT2D eigenvalue weighted by Gasteiger charge is -2.13. The largest absolute Gasteiger partial charge is 0.497 e. The predicted molar refractivity (Wildman–Crippen MR) is 112 cm³/mol. The number of rotatable bonds is 5. The molecule has 0 amide bonds. The van der Waals surface area contributed by atoms with Gasteiger partial charge in [0.1, 0.15) is 10.8 Å². The second-order valence-corrected chi connectivity index (χ2v) is 7.40. The molecule has 28 heavy (non-hydrogen) atoms. The van der Waals surface area contributed by atoms with Gasteiger partial charge in [-0.3, -0.25) is 4.79 Å². The van der Waals surface area contributed by atoms with Gasteiger partial charge in [0.05, 0.1) is 24.7 Å². The van der Waals surface area contributed by atoms with Crippen LogP contribution in [0.5, 0.6) is 5.75 Å². The number of nitrogens with zero attached hydrogens (tertiary/aromatic N) is 2. The molecule has 0 spiro atoms. The minimum absolute atomic E-state index is 0.0951. The molecule has 1 aromatic heterocycles. The molecule has 0 bridgehead atoms. The maximum Gasteiger partial charge on any atom is 0.292 e. The van der Waals surface area contributed by atoms with E-state index in [1.54, 1.807) is 13.3 Å². The summed E-state index contributed by atoms with van der Waals surface area (Å²) in [6, 6.07) is 15.5. The van der Waals surface area contributed by atoms with E-state index < -0.39 is 0 Å². The normalized spacial score (nSPS) is 14.2. The quantitative estimate of drug-likeness (QED) is 0.637. The highest BCUT2D eigenvalue weighted by Crippen LogP contribution is 2.34. The van der Waals surface area contributed by atoms with Gasteiger partial charge in [-0.1, -0.05) is 42.6 Å². The summed E-state index contributed by atoms with van der Waals surface area (Å²) in [5, 5.41) is 7.52. The molecule has 0 unspecified atom stereocenters. The first-order valence-corrected chi connectivity index (χ1v) is 9.83. The van der Waals surface area contributed by atoms with E-state index in [9.17, 15) is 4.79 Å². The molecule has 1 saturated carbocycles. The maximum absolute atomic E-state index is 12.7. The van der Waals surface area contributed by atoms with Gasteiger partial charge in [0.2, 0.25) is 0 Å². The summed E-state index contributed by atoms with van der Waals surface area (Å²) in [5.41, 5.74) is 2.90. The zero-order valence-electron chi connectivity index (χ0n) is 15.7. The van der Waals surface area contributed by atoms with E-state index in [1.165, 1.54) is 35.9 Å². The van der Waals surface area contributed by atoms with E-state index in [0.29, 0.717) is 23.0 Å². The number of nitrogens with one attached hydrogen (secondary N) is 1. The summed E-state index contributed by atoms with van der Waals surface area (Å²) >= 11 is 6.34. The van der Waals surface area contributed by atoms with E-state index >= 15 is 0 Å². The van der Waals surface area contributed by atoms with Gasteiger partial charge in [0.25, 0.3) is 5.56 Å². The first kappa shape index (κ1) is 18.6. The van der Waals surface area contributed by atoms with E-state index in [1.807, 2.05) is 36.4 Å². The van der Waals surface area contributed by atoms with E-state index in [0.717, 1.165) is 5.69 Å². The Morgan fingerprint density at radius 3 is 2.61 bits per heavy atom. The summed E-state index contributed by atoms with van der Waals surface area (Å²) < 4.78 is 6.55. The van der Waals surface area contributed by atoms with Crippen molar-refractivity contribution in [3.63, 3.8) is 0 Å². The second-order valence-electron chi connectivity index (χ2n) is 7.02. The van der Waals surface area contributed by atoms with Crippen molar-refractivity contribution in [1.29, 1.82) is 0 Å². The van der Waals surface area contributed by atoms with Gasteiger partial charge in [-0.25, -0.2) is 0 Å². The number of benzene rings is 2. The first-order valence-electron chi connectivity index (χ1n) is 9.45. The summed E-state index contributed by atoms with van der Waals surface area (Å²) in [5.74, 6) is 1.35. The number of ether oxygens (including phenoxy) is 1. The van der Waals surface area contributed by atoms with Crippen LogP contribution in [-0.4, -0.2) is 16.9 Å². The number of anilines is 2. The third kappa shape index (κ3) is 3.76. The molecule has 3 aromatic rings. The number of aromatic nitrogens is 2. The van der Waals surface area contributed by atoms with Crippen LogP contribution in [0.15, 0.2) is 59.5 Å². The SMILES string of the molecule is COc1cccc(Nc2cnn(-c3ccc(C4CCCC4)cc3)c(=O)c2Cl)c1. The molecule has 0 aliphatic heterocycles. The molecule has 1 aliphatic carbocycles. The van der Waals surface area contributed by atoms with Crippen LogP contribution in [0.4, 0.5) is 11.4 Å². The highest BCUT2D eigenvalue weighted by molar-refractivity contribution is 6.33. The smallest absolute Gasteiger partial charge is 0.292 e. The summed E-state index contributed by atoms with van der Waals surface area (Å²) in [4.78, 5) is 12.7. The molecule has 5 nitrogen and oxygen atoms in total. The maximum atomic E-state index is 12.7. The molecule has 1 fully saturated rings. The molecule has 0 atom stereocenters. The zero-order chi connectivity index (χ0) is 19.5. The average molecular weight is 396 g/mol. The van der Waals surface area contributed by atoms with Gasteiger partial charge in [0, 0.05) is 11.8 Å². The Morgan fingerprint density at radius 1 is 1.14 bits per heavy atom. The zero-order valence-corrected chi connectivity index (χ0v) is 16.4. The Labute approximate surface area is 168 Å². The highest BCUT2D eigenvalue weighted by Gasteiger charge is 2.17. The second kappa shape index (κ2) is 8.07. The Morgan fingerprint density at radius 2 is 1.89 bits per heavy atom. The van der Waals surface area contributed by atoms with Crippen molar-refractivity contribution in [2.24, 2.45) is 0 Å². The van der Waals surface area contributed by atoms with Crippen LogP contribution < -0.4 is 15.6 Å². The molecule has 1 aliphatic rings. The summed E-state index contributed by atoms with van der Waals surface area (Å²) in [7, 11) is 1.60. The standard InChI is InChI=1S/C22H22ClN3O2/c1-28-19-8-4-7-17(13-19)25-20-14-24-26(22(27)21(20)23)18-11-9-16(10-12-18)15-5-2-3-6-15/h4,7-15,25H,2-3,5-6H2,1H3. The lowest BCUT2D eigenvalue weighted by molar-refractivity contribution is 0.415. The molecule has 2 aromatic carbocycles. The van der Waals surface area contributed by atoms with Crippen molar-refractivity contribution >= 4 is 23.0 Å². The van der Waals surface area contributed by atoms with Crippen LogP contribution in [0.2, 0.25) is 5.02 Å². The van der Waals surface area contributed by atoms with Crippen LogP contribution in [0.3, 0.4) is 0 Å². The molecule has 0 radical (unpaired) electrons. The van der Waals surface area contributed by atoms with Crippen LogP contribution in [0, 0.1) is 0 Å². The highest BCUT2D eigenvalue weighted by atomic mass is 35.5. The van der Waals surface area contributed by atoms with Gasteiger partial charge in [0.15, 0.2) is 0 Å². The topological polar surface area (TPSA) is 56.1 Å². The summed E-state index contributed by atoms with van der Waals surface area (Å²) in [6.07, 6.45) is 6.64. The van der Waals surface area contributed by atoms with Gasteiger partial charge in [-0.15, -0.1) is 0 Å². The van der Waals surface area contributed by atoms with Crippen LogP contribution in [0.1, 0.15) is 37.2 Å². The molecule has 144 valence electrons. The molecule has 0 saturated heterocycles. The fourth-order valence-electron chi connectivity index (χ4n) is 3.71. The van der Waals surface area contributed by atoms with Crippen molar-refractivity contribution in [3.8, 4) is 11.4 Å². The molecule has 6 heteroatoms. The van der Waals surface area contributed by atoms with Crippen molar-refractivity contribution in [2.45, 2.75) is 31.6 Å². The Hall–Kier alpha value is -2.79. The minimum Gasteiger partial charge on any atom is -0.497 e. The molecular formula is C22H22ClN3O2. The molecule has 1 heterocycles. The van der Waals surface area contributed by atoms with Gasteiger partial charge in [-0.05, 0) is 48.6 Å². The predicted octanol–water partition coefficient (Wildman–Crippen LogP) is 5.30. The third-order valence-corrected chi connectivity index (χ3v) is 5.60. The van der Waals surface area contributed by atoms with Gasteiger partial charge in [-0.2, -0.15) is 9.78 Å². The number of hydrogen-bond acceptors (Lipinski definition) is 4. The third-order valence-electron chi connectivity index (χ3n) is 5.23. The molecule has 4 rings (SSSR count). The summed E-state index contributed by atoms with van der Waals surface area (Å²) in [6.45, 7) is 0. The number of methoxy groups -OCH3 is 1. The van der Waals surface area contributed by atoms with Gasteiger partial charge >= 0.3 is 0 Å². The van der Waals surface area contributed by atoms with E-state index in [4.69, 9.17) is 16.3 Å². The van der Waals surface area contributed by atoms with Crippen LogP contribution in [0.25, 0.3) is 5.69 Å². The Balaban J connectivity index is 1.59. The molecule has 1 N–H and O–H groups in total. The monoisotopic (exact) mass is 395 g/mol. The Bertz CT molecular complexity index is 1020.